The monoisotopic (exact) mass is 615 g/mol. The third-order valence-electron chi connectivity index (χ3n) is 6.99. The van der Waals surface area contributed by atoms with Crippen LogP contribution in [0.2, 0.25) is 15.1 Å². The van der Waals surface area contributed by atoms with Crippen molar-refractivity contribution in [3.05, 3.63) is 63.1 Å². The third kappa shape index (κ3) is 9.00. The number of carbonyl (C=O) groups is 2. The molecule has 2 amide bonds. The number of nitrogens with zero attached hydrogens (tertiary/aromatic N) is 2. The fourth-order valence-corrected chi connectivity index (χ4v) is 6.54. The number of sulfonamides is 1. The average molecular weight is 617 g/mol. The van der Waals surface area contributed by atoms with E-state index in [1.807, 2.05) is 6.92 Å². The van der Waals surface area contributed by atoms with Crippen molar-refractivity contribution in [3.8, 4) is 0 Å². The van der Waals surface area contributed by atoms with Gasteiger partial charge in [-0.25, -0.2) is 8.42 Å². The Kier molecular flexibility index (Phi) is 11.8. The molecule has 3 rings (SSSR count). The van der Waals surface area contributed by atoms with Gasteiger partial charge in [-0.15, -0.1) is 0 Å². The third-order valence-corrected chi connectivity index (χ3v) is 9.15. The lowest BCUT2D eigenvalue weighted by Crippen LogP contribution is -2.51. The molecule has 7 nitrogen and oxygen atoms in total. The first-order valence-corrected chi connectivity index (χ1v) is 16.3. The first-order valence-electron chi connectivity index (χ1n) is 13.3. The van der Waals surface area contributed by atoms with Gasteiger partial charge in [0.05, 0.1) is 11.9 Å². The van der Waals surface area contributed by atoms with Crippen LogP contribution < -0.4 is 9.62 Å². The molecule has 0 bridgehead atoms. The van der Waals surface area contributed by atoms with Gasteiger partial charge < -0.3 is 10.2 Å². The SMILES string of the molecule is CC[C@H](C(=O)NC1CCCCC1)N(Cc1c(Cl)cccc1Cl)C(=O)CCCN(c1ccc(Cl)cc1)S(C)(=O)=O. The van der Waals surface area contributed by atoms with Crippen LogP contribution in [0.1, 0.15) is 63.9 Å². The Labute approximate surface area is 246 Å². The summed E-state index contributed by atoms with van der Waals surface area (Å²) >= 11 is 18.8. The van der Waals surface area contributed by atoms with Gasteiger partial charge in [0.1, 0.15) is 6.04 Å². The zero-order valence-corrected chi connectivity index (χ0v) is 25.4. The first-order chi connectivity index (χ1) is 18.5. The van der Waals surface area contributed by atoms with Crippen molar-refractivity contribution in [2.24, 2.45) is 0 Å². The van der Waals surface area contributed by atoms with Crippen molar-refractivity contribution in [2.75, 3.05) is 17.1 Å². The summed E-state index contributed by atoms with van der Waals surface area (Å²) in [7, 11) is -3.59. The quantitative estimate of drug-likeness (QED) is 0.297. The smallest absolute Gasteiger partial charge is 0.243 e. The molecule has 11 heteroatoms. The summed E-state index contributed by atoms with van der Waals surface area (Å²) < 4.78 is 26.2. The van der Waals surface area contributed by atoms with Crippen molar-refractivity contribution in [1.29, 1.82) is 0 Å². The van der Waals surface area contributed by atoms with E-state index in [-0.39, 0.29) is 43.8 Å². The molecule has 0 saturated heterocycles. The van der Waals surface area contributed by atoms with Crippen molar-refractivity contribution in [1.82, 2.24) is 10.2 Å². The minimum Gasteiger partial charge on any atom is -0.352 e. The number of amides is 2. The lowest BCUT2D eigenvalue weighted by molar-refractivity contribution is -0.141. The summed E-state index contributed by atoms with van der Waals surface area (Å²) in [4.78, 5) is 28.6. The molecule has 1 fully saturated rings. The Bertz CT molecular complexity index is 1210. The minimum atomic E-state index is -3.59. The van der Waals surface area contributed by atoms with Crippen LogP contribution in [0.3, 0.4) is 0 Å². The van der Waals surface area contributed by atoms with E-state index in [0.717, 1.165) is 31.9 Å². The summed E-state index contributed by atoms with van der Waals surface area (Å²) in [5.74, 6) is -0.471. The van der Waals surface area contributed by atoms with E-state index >= 15 is 0 Å². The molecular weight excluding hydrogens is 581 g/mol. The second-order valence-electron chi connectivity index (χ2n) is 9.90. The highest BCUT2D eigenvalue weighted by atomic mass is 35.5. The van der Waals surface area contributed by atoms with E-state index in [1.165, 1.54) is 15.6 Å². The van der Waals surface area contributed by atoms with Gasteiger partial charge in [0.25, 0.3) is 0 Å². The largest absolute Gasteiger partial charge is 0.352 e. The van der Waals surface area contributed by atoms with E-state index < -0.39 is 16.1 Å². The molecule has 0 spiro atoms. The molecule has 214 valence electrons. The van der Waals surface area contributed by atoms with Gasteiger partial charge in [-0.3, -0.25) is 13.9 Å². The van der Waals surface area contributed by atoms with Crippen LogP contribution in [0.25, 0.3) is 0 Å². The van der Waals surface area contributed by atoms with Gasteiger partial charge in [0, 0.05) is 46.2 Å². The lowest BCUT2D eigenvalue weighted by Gasteiger charge is -2.33. The molecule has 1 atom stereocenters. The maximum atomic E-state index is 13.7. The Hall–Kier alpha value is -2.00. The Morgan fingerprint density at radius 2 is 1.62 bits per heavy atom. The van der Waals surface area contributed by atoms with Crippen molar-refractivity contribution in [2.45, 2.75) is 76.9 Å². The fourth-order valence-electron chi connectivity index (χ4n) is 4.93. The summed E-state index contributed by atoms with van der Waals surface area (Å²) in [6, 6.07) is 11.0. The van der Waals surface area contributed by atoms with Crippen LogP contribution in [-0.2, 0) is 26.2 Å². The summed E-state index contributed by atoms with van der Waals surface area (Å²) in [5.41, 5.74) is 1.03. The molecule has 2 aromatic carbocycles. The Balaban J connectivity index is 1.79. The van der Waals surface area contributed by atoms with Crippen molar-refractivity contribution in [3.63, 3.8) is 0 Å². The highest BCUT2D eigenvalue weighted by Gasteiger charge is 2.31. The van der Waals surface area contributed by atoms with E-state index in [1.54, 1.807) is 42.5 Å². The molecule has 1 aliphatic rings. The number of hydrogen-bond donors (Lipinski definition) is 1. The van der Waals surface area contributed by atoms with Crippen molar-refractivity contribution >= 4 is 62.3 Å². The Morgan fingerprint density at radius 1 is 1.00 bits per heavy atom. The second kappa shape index (κ2) is 14.6. The van der Waals surface area contributed by atoms with Gasteiger partial charge >= 0.3 is 0 Å². The molecule has 0 unspecified atom stereocenters. The molecular formula is C28H36Cl3N3O4S. The van der Waals surface area contributed by atoms with E-state index in [4.69, 9.17) is 34.8 Å². The minimum absolute atomic E-state index is 0.0366. The van der Waals surface area contributed by atoms with Gasteiger partial charge in [0.2, 0.25) is 21.8 Å². The fraction of sp³-hybridized carbons (Fsp3) is 0.500. The van der Waals surface area contributed by atoms with Gasteiger partial charge in [0.15, 0.2) is 0 Å². The highest BCUT2D eigenvalue weighted by Crippen LogP contribution is 2.28. The lowest BCUT2D eigenvalue weighted by atomic mass is 9.95. The predicted octanol–water partition coefficient (Wildman–Crippen LogP) is 6.45. The summed E-state index contributed by atoms with van der Waals surface area (Å²) in [6.07, 6.45) is 6.99. The van der Waals surface area contributed by atoms with Crippen LogP contribution >= 0.6 is 34.8 Å². The maximum Gasteiger partial charge on any atom is 0.243 e. The molecule has 1 saturated carbocycles. The maximum absolute atomic E-state index is 13.7. The summed E-state index contributed by atoms with van der Waals surface area (Å²) in [6.45, 7) is 2.03. The van der Waals surface area contributed by atoms with Crippen LogP contribution in [-0.4, -0.2) is 50.0 Å². The molecule has 0 heterocycles. The van der Waals surface area contributed by atoms with E-state index in [0.29, 0.717) is 32.7 Å². The Morgan fingerprint density at radius 3 is 2.18 bits per heavy atom. The predicted molar refractivity (Wildman–Crippen MR) is 159 cm³/mol. The molecule has 0 radical (unpaired) electrons. The standard InChI is InChI=1S/C28H36Cl3N3O4S/c1-3-26(28(36)32-21-9-5-4-6-10-21)33(19-23-24(30)11-7-12-25(23)31)27(35)13-8-18-34(39(2,37)38)22-16-14-20(29)15-17-22/h7,11-12,14-17,21,26H,3-6,8-10,13,18-19H2,1-2H3,(H,32,36)/t26-/m1/s1. The molecule has 1 N–H and O–H groups in total. The highest BCUT2D eigenvalue weighted by molar-refractivity contribution is 7.92. The number of nitrogens with one attached hydrogen (secondary N) is 1. The average Bonchev–Trinajstić information content (AvgIpc) is 2.88. The number of hydrogen-bond acceptors (Lipinski definition) is 4. The van der Waals surface area contributed by atoms with Crippen LogP contribution in [0.15, 0.2) is 42.5 Å². The number of carbonyl (C=O) groups excluding carboxylic acids is 2. The first kappa shape index (κ1) is 31.5. The zero-order valence-electron chi connectivity index (χ0n) is 22.3. The number of benzene rings is 2. The second-order valence-corrected chi connectivity index (χ2v) is 13.1. The van der Waals surface area contributed by atoms with Crippen LogP contribution in [0.4, 0.5) is 5.69 Å². The molecule has 2 aromatic rings. The normalized spacial score (nSPS) is 15.0. The molecule has 39 heavy (non-hydrogen) atoms. The van der Waals surface area contributed by atoms with E-state index in [2.05, 4.69) is 5.32 Å². The summed E-state index contributed by atoms with van der Waals surface area (Å²) in [5, 5.41) is 4.46. The molecule has 0 aromatic heterocycles. The number of anilines is 1. The van der Waals surface area contributed by atoms with E-state index in [9.17, 15) is 18.0 Å². The molecule has 0 aliphatic heterocycles. The van der Waals surface area contributed by atoms with Gasteiger partial charge in [-0.2, -0.15) is 0 Å². The topological polar surface area (TPSA) is 86.8 Å². The zero-order chi connectivity index (χ0) is 28.6. The number of rotatable bonds is 12. The van der Waals surface area contributed by atoms with Gasteiger partial charge in [-0.1, -0.05) is 67.1 Å². The number of halogens is 3. The van der Waals surface area contributed by atoms with Crippen molar-refractivity contribution < 1.29 is 18.0 Å². The van der Waals surface area contributed by atoms with Gasteiger partial charge in [-0.05, 0) is 62.1 Å². The van der Waals surface area contributed by atoms with Crippen LogP contribution in [0.5, 0.6) is 0 Å². The molecule has 1 aliphatic carbocycles. The van der Waals surface area contributed by atoms with Crippen LogP contribution in [0, 0.1) is 0 Å².